The summed E-state index contributed by atoms with van der Waals surface area (Å²) in [5.74, 6) is 0.898. The zero-order chi connectivity index (χ0) is 10.6. The molecule has 0 amide bonds. The highest BCUT2D eigenvalue weighted by Crippen LogP contribution is 2.30. The number of anilines is 1. The molecule has 2 nitrogen and oxygen atoms in total. The minimum atomic E-state index is 0.898. The van der Waals surface area contributed by atoms with E-state index in [-0.39, 0.29) is 0 Å². The number of rotatable bonds is 4. The van der Waals surface area contributed by atoms with Crippen molar-refractivity contribution in [1.82, 2.24) is 0 Å². The summed E-state index contributed by atoms with van der Waals surface area (Å²) in [4.78, 5) is 2.28. The van der Waals surface area contributed by atoms with E-state index in [2.05, 4.69) is 40.7 Å². The zero-order valence-electron chi connectivity index (χ0n) is 8.88. The van der Waals surface area contributed by atoms with Crippen LogP contribution in [0.2, 0.25) is 0 Å². The summed E-state index contributed by atoms with van der Waals surface area (Å²) in [7, 11) is 1.69. The van der Waals surface area contributed by atoms with E-state index in [1.807, 2.05) is 12.1 Å². The molecule has 0 aliphatic heterocycles. The van der Waals surface area contributed by atoms with Crippen LogP contribution in [0.5, 0.6) is 5.75 Å². The summed E-state index contributed by atoms with van der Waals surface area (Å²) >= 11 is 3.54. The maximum atomic E-state index is 5.20. The van der Waals surface area contributed by atoms with Crippen molar-refractivity contribution in [2.45, 2.75) is 13.8 Å². The smallest absolute Gasteiger partial charge is 0.121 e. The van der Waals surface area contributed by atoms with Crippen LogP contribution in [-0.4, -0.2) is 20.2 Å². The van der Waals surface area contributed by atoms with Crippen LogP contribution >= 0.6 is 15.9 Å². The van der Waals surface area contributed by atoms with Gasteiger partial charge < -0.3 is 9.64 Å². The van der Waals surface area contributed by atoms with Crippen molar-refractivity contribution in [2.24, 2.45) is 0 Å². The van der Waals surface area contributed by atoms with E-state index in [0.717, 1.165) is 23.3 Å². The third-order valence-corrected chi connectivity index (χ3v) is 2.93. The molecule has 0 aromatic heterocycles. The van der Waals surface area contributed by atoms with Gasteiger partial charge in [0.25, 0.3) is 0 Å². The van der Waals surface area contributed by atoms with Gasteiger partial charge in [-0.05, 0) is 41.9 Å². The Hall–Kier alpha value is -0.700. The quantitative estimate of drug-likeness (QED) is 0.821. The first kappa shape index (κ1) is 11.4. The Bertz CT molecular complexity index is 297. The van der Waals surface area contributed by atoms with E-state index in [0.29, 0.717) is 0 Å². The highest BCUT2D eigenvalue weighted by molar-refractivity contribution is 9.10. The Balaban J connectivity index is 3.04. The minimum Gasteiger partial charge on any atom is -0.497 e. The van der Waals surface area contributed by atoms with Crippen LogP contribution < -0.4 is 9.64 Å². The zero-order valence-corrected chi connectivity index (χ0v) is 10.5. The van der Waals surface area contributed by atoms with Crippen LogP contribution in [0.3, 0.4) is 0 Å². The molecule has 0 fully saturated rings. The maximum absolute atomic E-state index is 5.20. The summed E-state index contributed by atoms with van der Waals surface area (Å²) in [6.45, 7) is 6.30. The Morgan fingerprint density at radius 3 is 2.43 bits per heavy atom. The average Bonchev–Trinajstić information content (AvgIpc) is 2.22. The molecule has 3 heteroatoms. The third-order valence-electron chi connectivity index (χ3n) is 2.26. The van der Waals surface area contributed by atoms with Crippen LogP contribution in [0, 0.1) is 0 Å². The largest absolute Gasteiger partial charge is 0.497 e. The topological polar surface area (TPSA) is 12.5 Å². The predicted octanol–water partition coefficient (Wildman–Crippen LogP) is 3.30. The van der Waals surface area contributed by atoms with Crippen molar-refractivity contribution in [3.63, 3.8) is 0 Å². The fourth-order valence-corrected chi connectivity index (χ4v) is 1.92. The van der Waals surface area contributed by atoms with Gasteiger partial charge in [-0.1, -0.05) is 0 Å². The lowest BCUT2D eigenvalue weighted by atomic mass is 10.2. The van der Waals surface area contributed by atoms with Crippen molar-refractivity contribution in [2.75, 3.05) is 25.1 Å². The summed E-state index contributed by atoms with van der Waals surface area (Å²) in [6.07, 6.45) is 0. The lowest BCUT2D eigenvalue weighted by Crippen LogP contribution is -2.22. The summed E-state index contributed by atoms with van der Waals surface area (Å²) in [6, 6.07) is 6.03. The van der Waals surface area contributed by atoms with Gasteiger partial charge in [0.2, 0.25) is 0 Å². The summed E-state index contributed by atoms with van der Waals surface area (Å²) in [5.41, 5.74) is 1.19. The SMILES string of the molecule is CCN(CC)c1cc(OC)ccc1Br. The molecule has 1 aromatic rings. The van der Waals surface area contributed by atoms with Gasteiger partial charge in [-0.3, -0.25) is 0 Å². The molecule has 78 valence electrons. The molecule has 1 aromatic carbocycles. The fraction of sp³-hybridized carbons (Fsp3) is 0.455. The maximum Gasteiger partial charge on any atom is 0.121 e. The highest BCUT2D eigenvalue weighted by Gasteiger charge is 2.07. The number of benzene rings is 1. The van der Waals surface area contributed by atoms with Gasteiger partial charge in [0.05, 0.1) is 12.8 Å². The van der Waals surface area contributed by atoms with E-state index in [1.165, 1.54) is 5.69 Å². The van der Waals surface area contributed by atoms with Crippen LogP contribution in [-0.2, 0) is 0 Å². The van der Waals surface area contributed by atoms with Crippen molar-refractivity contribution in [1.29, 1.82) is 0 Å². The van der Waals surface area contributed by atoms with Crippen LogP contribution in [0.25, 0.3) is 0 Å². The number of nitrogens with zero attached hydrogens (tertiary/aromatic N) is 1. The standard InChI is InChI=1S/C11H16BrNO/c1-4-13(5-2)11-8-9(14-3)6-7-10(11)12/h6-8H,4-5H2,1-3H3. The van der Waals surface area contributed by atoms with Gasteiger partial charge in [0.15, 0.2) is 0 Å². The molecule has 1 rings (SSSR count). The van der Waals surface area contributed by atoms with Gasteiger partial charge in [0.1, 0.15) is 5.75 Å². The molecule has 0 unspecified atom stereocenters. The van der Waals surface area contributed by atoms with Crippen LogP contribution in [0.15, 0.2) is 22.7 Å². The molecule has 0 saturated carbocycles. The molecule has 0 heterocycles. The minimum absolute atomic E-state index is 0.898. The molecule has 0 N–H and O–H groups in total. The van der Waals surface area contributed by atoms with Gasteiger partial charge >= 0.3 is 0 Å². The lowest BCUT2D eigenvalue weighted by molar-refractivity contribution is 0.414. The predicted molar refractivity (Wildman–Crippen MR) is 64.3 cm³/mol. The molecule has 0 aliphatic carbocycles. The number of halogens is 1. The Morgan fingerprint density at radius 2 is 1.93 bits per heavy atom. The first-order valence-electron chi connectivity index (χ1n) is 4.81. The molecule has 0 saturated heterocycles. The molecule has 0 aliphatic rings. The molecular weight excluding hydrogens is 242 g/mol. The van der Waals surface area contributed by atoms with Crippen LogP contribution in [0.4, 0.5) is 5.69 Å². The number of hydrogen-bond acceptors (Lipinski definition) is 2. The van der Waals surface area contributed by atoms with E-state index < -0.39 is 0 Å². The summed E-state index contributed by atoms with van der Waals surface area (Å²) in [5, 5.41) is 0. The van der Waals surface area contributed by atoms with E-state index in [4.69, 9.17) is 4.74 Å². The Morgan fingerprint density at radius 1 is 1.29 bits per heavy atom. The first-order valence-corrected chi connectivity index (χ1v) is 5.60. The van der Waals surface area contributed by atoms with Gasteiger partial charge in [-0.15, -0.1) is 0 Å². The van der Waals surface area contributed by atoms with Crippen molar-refractivity contribution >= 4 is 21.6 Å². The average molecular weight is 258 g/mol. The van der Waals surface area contributed by atoms with Crippen LogP contribution in [0.1, 0.15) is 13.8 Å². The second-order valence-corrected chi connectivity index (χ2v) is 3.84. The summed E-state index contributed by atoms with van der Waals surface area (Å²) < 4.78 is 6.31. The van der Waals surface area contributed by atoms with E-state index in [9.17, 15) is 0 Å². The number of ether oxygens (including phenoxy) is 1. The monoisotopic (exact) mass is 257 g/mol. The van der Waals surface area contributed by atoms with Gasteiger partial charge in [-0.25, -0.2) is 0 Å². The highest BCUT2D eigenvalue weighted by atomic mass is 79.9. The normalized spacial score (nSPS) is 10.0. The lowest BCUT2D eigenvalue weighted by Gasteiger charge is -2.22. The van der Waals surface area contributed by atoms with Crippen molar-refractivity contribution in [3.8, 4) is 5.75 Å². The van der Waals surface area contributed by atoms with E-state index >= 15 is 0 Å². The number of hydrogen-bond donors (Lipinski definition) is 0. The molecule has 14 heavy (non-hydrogen) atoms. The first-order chi connectivity index (χ1) is 6.72. The van der Waals surface area contributed by atoms with Gasteiger partial charge in [-0.2, -0.15) is 0 Å². The van der Waals surface area contributed by atoms with Gasteiger partial charge in [0, 0.05) is 23.6 Å². The second-order valence-electron chi connectivity index (χ2n) is 2.99. The molecular formula is C11H16BrNO. The number of methoxy groups -OCH3 is 1. The Labute approximate surface area is 94.0 Å². The van der Waals surface area contributed by atoms with E-state index in [1.54, 1.807) is 7.11 Å². The fourth-order valence-electron chi connectivity index (χ4n) is 1.43. The van der Waals surface area contributed by atoms with Crippen molar-refractivity contribution < 1.29 is 4.74 Å². The third kappa shape index (κ3) is 2.41. The molecule has 0 spiro atoms. The second kappa shape index (κ2) is 5.25. The van der Waals surface area contributed by atoms with Crippen molar-refractivity contribution in [3.05, 3.63) is 22.7 Å². The Kier molecular flexibility index (Phi) is 4.26. The molecule has 0 bridgehead atoms. The molecule has 0 radical (unpaired) electrons. The molecule has 0 atom stereocenters.